The summed E-state index contributed by atoms with van der Waals surface area (Å²) in [5, 5.41) is 4.73. The summed E-state index contributed by atoms with van der Waals surface area (Å²) < 4.78 is 5.87. The number of aldehydes is 1. The fourth-order valence-electron chi connectivity index (χ4n) is 1.26. The van der Waals surface area contributed by atoms with Crippen molar-refractivity contribution in [3.8, 4) is 0 Å². The van der Waals surface area contributed by atoms with Crippen molar-refractivity contribution in [3.63, 3.8) is 0 Å². The number of benzene rings is 1. The van der Waals surface area contributed by atoms with Gasteiger partial charge in [0.15, 0.2) is 5.58 Å². The quantitative estimate of drug-likeness (QED) is 0.719. The Balaban J connectivity index is 2.86. The Labute approximate surface area is 82.8 Å². The zero-order valence-corrected chi connectivity index (χ0v) is 8.46. The van der Waals surface area contributed by atoms with E-state index in [0.29, 0.717) is 11.1 Å². The molecule has 0 unspecified atom stereocenters. The zero-order valence-electron chi connectivity index (χ0n) is 6.87. The van der Waals surface area contributed by atoms with E-state index in [4.69, 9.17) is 4.52 Å². The van der Waals surface area contributed by atoms with Crippen LogP contribution in [0.3, 0.4) is 0 Å². The molecule has 3 nitrogen and oxygen atoms in total. The van der Waals surface area contributed by atoms with Gasteiger partial charge < -0.3 is 4.52 Å². The Kier molecular flexibility index (Phi) is 1.92. The highest BCUT2D eigenvalue weighted by Crippen LogP contribution is 2.27. The Morgan fingerprint density at radius 2 is 2.31 bits per heavy atom. The lowest BCUT2D eigenvalue weighted by molar-refractivity contribution is 0.112. The molecule has 66 valence electrons. The van der Waals surface area contributed by atoms with Crippen LogP contribution in [-0.2, 0) is 0 Å². The van der Waals surface area contributed by atoms with Crippen LogP contribution in [0.2, 0.25) is 0 Å². The summed E-state index contributed by atoms with van der Waals surface area (Å²) in [4.78, 5) is 10.5. The van der Waals surface area contributed by atoms with Crippen LogP contribution in [0.1, 0.15) is 16.1 Å². The van der Waals surface area contributed by atoms with Crippen LogP contribution < -0.4 is 0 Å². The van der Waals surface area contributed by atoms with E-state index in [9.17, 15) is 4.79 Å². The Morgan fingerprint density at radius 1 is 1.54 bits per heavy atom. The van der Waals surface area contributed by atoms with Crippen LogP contribution >= 0.6 is 15.9 Å². The Hall–Kier alpha value is -1.16. The molecule has 1 aromatic carbocycles. The average Bonchev–Trinajstić information content (AvgIpc) is 2.48. The molecule has 0 N–H and O–H groups in total. The summed E-state index contributed by atoms with van der Waals surface area (Å²) in [6, 6.07) is 3.42. The van der Waals surface area contributed by atoms with Crippen LogP contribution in [0.5, 0.6) is 0 Å². The lowest BCUT2D eigenvalue weighted by Gasteiger charge is -1.94. The molecule has 0 radical (unpaired) electrons. The minimum atomic E-state index is 0.579. The summed E-state index contributed by atoms with van der Waals surface area (Å²) in [6.45, 7) is 1.86. The topological polar surface area (TPSA) is 43.1 Å². The lowest BCUT2D eigenvalue weighted by Crippen LogP contribution is -1.80. The average molecular weight is 240 g/mol. The number of carbonyl (C=O) groups is 1. The molecule has 0 atom stereocenters. The molecule has 0 bridgehead atoms. The molecule has 2 aromatic rings. The molecule has 0 fully saturated rings. The number of aromatic nitrogens is 1. The summed E-state index contributed by atoms with van der Waals surface area (Å²) in [5.41, 5.74) is 2.03. The third kappa shape index (κ3) is 1.27. The number of hydrogen-bond acceptors (Lipinski definition) is 3. The number of nitrogens with zero attached hydrogens (tertiary/aromatic N) is 1. The van der Waals surface area contributed by atoms with Crippen molar-refractivity contribution in [1.29, 1.82) is 0 Å². The summed E-state index contributed by atoms with van der Waals surface area (Å²) in [7, 11) is 0. The van der Waals surface area contributed by atoms with Crippen LogP contribution in [0.25, 0.3) is 11.0 Å². The van der Waals surface area contributed by atoms with Crippen molar-refractivity contribution < 1.29 is 9.32 Å². The molecule has 0 aliphatic carbocycles. The maximum absolute atomic E-state index is 10.5. The van der Waals surface area contributed by atoms with Crippen molar-refractivity contribution in [2.75, 3.05) is 0 Å². The van der Waals surface area contributed by atoms with Gasteiger partial charge in [0.05, 0.1) is 11.1 Å². The van der Waals surface area contributed by atoms with Crippen molar-refractivity contribution in [2.45, 2.75) is 6.92 Å². The second-order valence-corrected chi connectivity index (χ2v) is 3.62. The van der Waals surface area contributed by atoms with Crippen LogP contribution in [-0.4, -0.2) is 11.4 Å². The van der Waals surface area contributed by atoms with E-state index in [1.54, 1.807) is 12.1 Å². The highest BCUT2D eigenvalue weighted by molar-refractivity contribution is 9.10. The molecule has 0 aliphatic rings. The number of halogens is 1. The van der Waals surface area contributed by atoms with Gasteiger partial charge in [-0.2, -0.15) is 0 Å². The predicted octanol–water partition coefficient (Wildman–Crippen LogP) is 2.71. The van der Waals surface area contributed by atoms with E-state index >= 15 is 0 Å². The molecule has 1 aromatic heterocycles. The van der Waals surface area contributed by atoms with Gasteiger partial charge in [0.25, 0.3) is 0 Å². The molecule has 0 aliphatic heterocycles. The largest absolute Gasteiger partial charge is 0.356 e. The van der Waals surface area contributed by atoms with Crippen LogP contribution in [0, 0.1) is 6.92 Å². The zero-order chi connectivity index (χ0) is 9.42. The second-order valence-electron chi connectivity index (χ2n) is 2.76. The third-order valence-corrected chi connectivity index (χ3v) is 2.48. The van der Waals surface area contributed by atoms with Crippen LogP contribution in [0.15, 0.2) is 21.1 Å². The number of rotatable bonds is 1. The van der Waals surface area contributed by atoms with Gasteiger partial charge in [-0.15, -0.1) is 0 Å². The van der Waals surface area contributed by atoms with E-state index < -0.39 is 0 Å². The molecule has 13 heavy (non-hydrogen) atoms. The van der Waals surface area contributed by atoms with Crippen molar-refractivity contribution in [3.05, 3.63) is 27.9 Å². The van der Waals surface area contributed by atoms with Gasteiger partial charge in [0, 0.05) is 10.0 Å². The Bertz CT molecular complexity index is 476. The first kappa shape index (κ1) is 8.44. The molecule has 2 rings (SSSR count). The minimum Gasteiger partial charge on any atom is -0.356 e. The molecule has 1 heterocycles. The second kappa shape index (κ2) is 2.96. The molecule has 0 amide bonds. The van der Waals surface area contributed by atoms with Crippen molar-refractivity contribution in [1.82, 2.24) is 5.16 Å². The van der Waals surface area contributed by atoms with E-state index in [0.717, 1.165) is 21.8 Å². The maximum atomic E-state index is 10.5. The third-order valence-electron chi connectivity index (χ3n) is 1.86. The van der Waals surface area contributed by atoms with E-state index in [1.807, 2.05) is 6.92 Å². The maximum Gasteiger partial charge on any atom is 0.168 e. The van der Waals surface area contributed by atoms with E-state index in [2.05, 4.69) is 21.1 Å². The van der Waals surface area contributed by atoms with Gasteiger partial charge in [0.2, 0.25) is 0 Å². The molecule has 0 saturated carbocycles. The monoisotopic (exact) mass is 239 g/mol. The Morgan fingerprint density at radius 3 is 3.00 bits per heavy atom. The summed E-state index contributed by atoms with van der Waals surface area (Å²) in [5.74, 6) is 0. The van der Waals surface area contributed by atoms with Gasteiger partial charge in [-0.25, -0.2) is 0 Å². The highest BCUT2D eigenvalue weighted by Gasteiger charge is 2.09. The molecule has 0 saturated heterocycles. The minimum absolute atomic E-state index is 0.579. The summed E-state index contributed by atoms with van der Waals surface area (Å²) >= 11 is 3.36. The number of aryl methyl sites for hydroxylation is 1. The van der Waals surface area contributed by atoms with Gasteiger partial charge in [-0.1, -0.05) is 5.16 Å². The normalized spacial score (nSPS) is 10.6. The van der Waals surface area contributed by atoms with Crippen LogP contribution in [0.4, 0.5) is 0 Å². The smallest absolute Gasteiger partial charge is 0.168 e. The van der Waals surface area contributed by atoms with Gasteiger partial charge in [-0.3, -0.25) is 4.79 Å². The van der Waals surface area contributed by atoms with Gasteiger partial charge in [0.1, 0.15) is 6.29 Å². The fraction of sp³-hybridized carbons (Fsp3) is 0.111. The molecule has 4 heteroatoms. The van der Waals surface area contributed by atoms with E-state index in [-0.39, 0.29) is 0 Å². The highest BCUT2D eigenvalue weighted by atomic mass is 79.9. The summed E-state index contributed by atoms with van der Waals surface area (Å²) in [6.07, 6.45) is 0.780. The number of hydrogen-bond donors (Lipinski definition) is 0. The lowest BCUT2D eigenvalue weighted by atomic mass is 10.1. The first-order chi connectivity index (χ1) is 6.22. The SMILES string of the molecule is Cc1noc2cc(C=O)cc(Br)c12. The van der Waals surface area contributed by atoms with Gasteiger partial charge >= 0.3 is 0 Å². The first-order valence-corrected chi connectivity index (χ1v) is 4.52. The first-order valence-electron chi connectivity index (χ1n) is 3.73. The number of carbonyl (C=O) groups excluding carboxylic acids is 1. The molecular weight excluding hydrogens is 234 g/mol. The standard InChI is InChI=1S/C9H6BrNO2/c1-5-9-7(10)2-6(4-12)3-8(9)13-11-5/h2-4H,1H3. The molecule has 0 spiro atoms. The van der Waals surface area contributed by atoms with Crippen molar-refractivity contribution in [2.24, 2.45) is 0 Å². The van der Waals surface area contributed by atoms with Crippen molar-refractivity contribution >= 4 is 33.2 Å². The van der Waals surface area contributed by atoms with E-state index in [1.165, 1.54) is 0 Å². The molecular formula is C9H6BrNO2. The number of fused-ring (bicyclic) bond motifs is 1. The predicted molar refractivity (Wildman–Crippen MR) is 51.8 cm³/mol. The van der Waals surface area contributed by atoms with Gasteiger partial charge in [-0.05, 0) is 35.0 Å². The fourth-order valence-corrected chi connectivity index (χ4v) is 2.00.